The fourth-order valence-electron chi connectivity index (χ4n) is 6.13. The molecule has 1 atom stereocenters. The maximum Gasteiger partial charge on any atom is 0.408 e. The number of nitrogens with zero attached hydrogens (tertiary/aromatic N) is 4. The molecule has 0 bridgehead atoms. The van der Waals surface area contributed by atoms with Crippen molar-refractivity contribution in [1.29, 1.82) is 0 Å². The van der Waals surface area contributed by atoms with Gasteiger partial charge in [0.25, 0.3) is 11.8 Å². The van der Waals surface area contributed by atoms with Crippen LogP contribution in [-0.2, 0) is 9.53 Å². The van der Waals surface area contributed by atoms with Crippen LogP contribution in [0, 0.1) is 0 Å². The molecule has 6 rings (SSSR count). The third-order valence-corrected chi connectivity index (χ3v) is 8.77. The van der Waals surface area contributed by atoms with E-state index in [0.29, 0.717) is 34.9 Å². The first-order valence-electron chi connectivity index (χ1n) is 15.5. The van der Waals surface area contributed by atoms with Crippen molar-refractivity contribution < 1.29 is 23.9 Å². The van der Waals surface area contributed by atoms with E-state index in [1.54, 1.807) is 75.5 Å². The molecule has 13 heteroatoms. The van der Waals surface area contributed by atoms with Crippen molar-refractivity contribution in [3.8, 4) is 0 Å². The third kappa shape index (κ3) is 6.64. The fourth-order valence-corrected chi connectivity index (χ4v) is 6.26. The van der Waals surface area contributed by atoms with Crippen LogP contribution >= 0.6 is 11.6 Å². The normalized spacial score (nSPS) is 16.6. The number of hydrogen-bond donors (Lipinski definition) is 3. The Balaban J connectivity index is 1.25. The highest BCUT2D eigenvalue weighted by atomic mass is 35.5. The van der Waals surface area contributed by atoms with Gasteiger partial charge in [0.15, 0.2) is 0 Å². The number of nitrogens with one attached hydrogen (secondary N) is 3. The van der Waals surface area contributed by atoms with Gasteiger partial charge in [-0.3, -0.25) is 19.3 Å². The van der Waals surface area contributed by atoms with Gasteiger partial charge in [0.05, 0.1) is 22.6 Å². The molecule has 47 heavy (non-hydrogen) atoms. The number of amides is 4. The molecule has 0 radical (unpaired) electrons. The summed E-state index contributed by atoms with van der Waals surface area (Å²) >= 11 is 6.18. The predicted molar refractivity (Wildman–Crippen MR) is 176 cm³/mol. The Morgan fingerprint density at radius 1 is 1.00 bits per heavy atom. The lowest BCUT2D eigenvalue weighted by Crippen LogP contribution is -2.64. The minimum atomic E-state index is -1.32. The molecule has 4 heterocycles. The molecular formula is C34H36ClN7O5. The number of alkyl carbamates (subject to hydrolysis) is 1. The zero-order valence-corrected chi connectivity index (χ0v) is 27.1. The summed E-state index contributed by atoms with van der Waals surface area (Å²) in [6.45, 7) is 6.18. The Hall–Kier alpha value is -4.97. The second kappa shape index (κ2) is 12.7. The molecule has 2 aliphatic heterocycles. The van der Waals surface area contributed by atoms with E-state index in [0.717, 1.165) is 16.8 Å². The summed E-state index contributed by atoms with van der Waals surface area (Å²) in [5, 5.41) is 7.42. The first kappa shape index (κ1) is 32.0. The zero-order valence-electron chi connectivity index (χ0n) is 26.4. The van der Waals surface area contributed by atoms with Gasteiger partial charge in [-0.15, -0.1) is 0 Å². The highest BCUT2D eigenvalue weighted by Crippen LogP contribution is 2.32. The number of hydrogen-bond acceptors (Lipinski definition) is 8. The summed E-state index contributed by atoms with van der Waals surface area (Å²) in [5.74, 6) is -0.408. The van der Waals surface area contributed by atoms with E-state index >= 15 is 0 Å². The van der Waals surface area contributed by atoms with E-state index in [4.69, 9.17) is 16.3 Å². The van der Waals surface area contributed by atoms with Gasteiger partial charge in [0.1, 0.15) is 28.9 Å². The number of fused-ring (bicyclic) bond motifs is 2. The van der Waals surface area contributed by atoms with E-state index in [2.05, 4.69) is 30.5 Å². The van der Waals surface area contributed by atoms with Gasteiger partial charge in [-0.05, 0) is 75.9 Å². The molecule has 244 valence electrons. The highest BCUT2D eigenvalue weighted by Gasteiger charge is 2.45. The zero-order chi connectivity index (χ0) is 33.3. The summed E-state index contributed by atoms with van der Waals surface area (Å²) in [5.41, 5.74) is 0.0699. The van der Waals surface area contributed by atoms with Crippen molar-refractivity contribution >= 4 is 52.3 Å². The number of carbonyl (C=O) groups excluding carboxylic acids is 4. The predicted octanol–water partition coefficient (Wildman–Crippen LogP) is 5.02. The van der Waals surface area contributed by atoms with Gasteiger partial charge in [0.2, 0.25) is 5.91 Å². The van der Waals surface area contributed by atoms with Crippen molar-refractivity contribution in [1.82, 2.24) is 30.5 Å². The van der Waals surface area contributed by atoms with Crippen molar-refractivity contribution in [2.75, 3.05) is 24.5 Å². The number of aromatic nitrogens is 3. The number of benzene rings is 2. The molecule has 0 spiro atoms. The second-order valence-corrected chi connectivity index (χ2v) is 13.2. The van der Waals surface area contributed by atoms with Crippen LogP contribution in [0.15, 0.2) is 67.1 Å². The lowest BCUT2D eigenvalue weighted by molar-refractivity contribution is -0.129. The molecule has 0 aliphatic carbocycles. The van der Waals surface area contributed by atoms with Crippen molar-refractivity contribution in [3.63, 3.8) is 0 Å². The number of ether oxygens (including phenoxy) is 1. The molecule has 2 aromatic heterocycles. The third-order valence-electron chi connectivity index (χ3n) is 8.52. The Morgan fingerprint density at radius 2 is 1.66 bits per heavy atom. The Bertz CT molecular complexity index is 1790. The molecule has 12 nitrogen and oxygen atoms in total. The molecule has 4 amide bonds. The number of rotatable bonds is 8. The average Bonchev–Trinajstić information content (AvgIpc) is 3.62. The molecule has 1 fully saturated rings. The maximum atomic E-state index is 14.4. The minimum Gasteiger partial charge on any atom is -0.444 e. The van der Waals surface area contributed by atoms with Gasteiger partial charge in [-0.1, -0.05) is 35.9 Å². The van der Waals surface area contributed by atoms with E-state index < -0.39 is 29.2 Å². The number of aromatic amines is 1. The van der Waals surface area contributed by atoms with Crippen LogP contribution in [0.1, 0.15) is 72.4 Å². The monoisotopic (exact) mass is 657 g/mol. The lowest BCUT2D eigenvalue weighted by Gasteiger charge is -2.42. The SMILES string of the molecule is CC(C)(C)OC(=O)NC1(C(=O)NC(CCN2C(=O)c3ccccc3C2=O)c2ccc(Cl)cc2)CCN(c2ncnc3[nH]ccc23)CC1. The van der Waals surface area contributed by atoms with Crippen LogP contribution in [0.25, 0.3) is 11.0 Å². The molecule has 2 aliphatic rings. The van der Waals surface area contributed by atoms with E-state index in [1.807, 2.05) is 6.07 Å². The van der Waals surface area contributed by atoms with Crippen molar-refractivity contribution in [3.05, 3.63) is 88.8 Å². The van der Waals surface area contributed by atoms with E-state index in [9.17, 15) is 19.2 Å². The fraction of sp³-hybridized carbons (Fsp3) is 0.353. The molecule has 1 unspecified atom stereocenters. The van der Waals surface area contributed by atoms with Gasteiger partial charge in [-0.2, -0.15) is 0 Å². The molecule has 2 aromatic carbocycles. The first-order valence-corrected chi connectivity index (χ1v) is 15.9. The number of carbonyl (C=O) groups is 4. The smallest absolute Gasteiger partial charge is 0.408 e. The average molecular weight is 658 g/mol. The highest BCUT2D eigenvalue weighted by molar-refractivity contribution is 6.30. The maximum absolute atomic E-state index is 14.4. The van der Waals surface area contributed by atoms with Crippen LogP contribution < -0.4 is 15.5 Å². The molecule has 4 aromatic rings. The molecule has 1 saturated heterocycles. The van der Waals surface area contributed by atoms with Gasteiger partial charge in [0, 0.05) is 30.9 Å². The number of halogens is 1. The van der Waals surface area contributed by atoms with Crippen LogP contribution in [-0.4, -0.2) is 74.4 Å². The van der Waals surface area contributed by atoms with Crippen LogP contribution in [0.4, 0.5) is 10.6 Å². The number of imide groups is 1. The summed E-state index contributed by atoms with van der Waals surface area (Å²) in [7, 11) is 0. The first-order chi connectivity index (χ1) is 22.4. The Kier molecular flexibility index (Phi) is 8.63. The van der Waals surface area contributed by atoms with E-state index in [1.165, 1.54) is 11.2 Å². The van der Waals surface area contributed by atoms with Crippen LogP contribution in [0.5, 0.6) is 0 Å². The summed E-state index contributed by atoms with van der Waals surface area (Å²) in [4.78, 5) is 68.9. The number of piperidine rings is 1. The van der Waals surface area contributed by atoms with Gasteiger partial charge < -0.3 is 25.3 Å². The molecule has 0 saturated carbocycles. The quantitative estimate of drug-likeness (QED) is 0.224. The number of H-pyrrole nitrogens is 1. The topological polar surface area (TPSA) is 150 Å². The van der Waals surface area contributed by atoms with Gasteiger partial charge >= 0.3 is 6.09 Å². The largest absolute Gasteiger partial charge is 0.444 e. The molecule has 3 N–H and O–H groups in total. The number of anilines is 1. The second-order valence-electron chi connectivity index (χ2n) is 12.8. The van der Waals surface area contributed by atoms with Gasteiger partial charge in [-0.25, -0.2) is 14.8 Å². The van der Waals surface area contributed by atoms with Crippen molar-refractivity contribution in [2.45, 2.75) is 57.2 Å². The van der Waals surface area contributed by atoms with Crippen LogP contribution in [0.3, 0.4) is 0 Å². The van der Waals surface area contributed by atoms with Crippen LogP contribution in [0.2, 0.25) is 5.02 Å². The Morgan fingerprint density at radius 3 is 2.30 bits per heavy atom. The summed E-state index contributed by atoms with van der Waals surface area (Å²) < 4.78 is 5.58. The van der Waals surface area contributed by atoms with Crippen molar-refractivity contribution in [2.24, 2.45) is 0 Å². The molecular weight excluding hydrogens is 622 g/mol. The summed E-state index contributed by atoms with van der Waals surface area (Å²) in [6.07, 6.45) is 3.35. The summed E-state index contributed by atoms with van der Waals surface area (Å²) in [6, 6.07) is 15.0. The lowest BCUT2D eigenvalue weighted by atomic mass is 9.85. The standard InChI is InChI=1S/C34H36ClN7O5/c1-33(2,3)47-32(46)40-34(14-18-41(19-15-34)28-25-12-16-36-27(25)37-20-38-28)31(45)39-26(21-8-10-22(35)11-9-21)13-17-42-29(43)23-6-4-5-7-24(23)30(42)44/h4-12,16,20,26H,13-15,17-19H2,1-3H3,(H,39,45)(H,40,46)(H,36,37,38). The van der Waals surface area contributed by atoms with E-state index in [-0.39, 0.29) is 37.6 Å². The Labute approximate surface area is 276 Å². The minimum absolute atomic E-state index is 0.0700.